The van der Waals surface area contributed by atoms with E-state index in [4.69, 9.17) is 9.47 Å². The molecule has 122 valence electrons. The summed E-state index contributed by atoms with van der Waals surface area (Å²) in [7, 11) is 0. The van der Waals surface area contributed by atoms with Gasteiger partial charge < -0.3 is 9.47 Å². The average molecular weight is 313 g/mol. The third-order valence-electron chi connectivity index (χ3n) is 3.35. The summed E-state index contributed by atoms with van der Waals surface area (Å²) < 4.78 is 10.9. The number of ether oxygens (including phenoxy) is 2. The Morgan fingerprint density at radius 1 is 0.957 bits per heavy atom. The third-order valence-corrected chi connectivity index (χ3v) is 3.35. The van der Waals surface area contributed by atoms with Crippen LogP contribution in [0.4, 0.5) is 10.5 Å². The van der Waals surface area contributed by atoms with Gasteiger partial charge in [-0.2, -0.15) is 0 Å². The molecule has 2 rings (SSSR count). The van der Waals surface area contributed by atoms with Gasteiger partial charge in [-0.05, 0) is 49.7 Å². The van der Waals surface area contributed by atoms with Crippen LogP contribution in [0.3, 0.4) is 0 Å². The second-order valence-electron chi connectivity index (χ2n) is 5.41. The number of carbonyl (C=O) groups is 1. The van der Waals surface area contributed by atoms with Crippen molar-refractivity contribution in [3.05, 3.63) is 54.1 Å². The molecule has 0 fully saturated rings. The Labute approximate surface area is 137 Å². The third kappa shape index (κ3) is 6.02. The molecule has 1 N–H and O–H groups in total. The quantitative estimate of drug-likeness (QED) is 0.717. The van der Waals surface area contributed by atoms with Gasteiger partial charge in [0.2, 0.25) is 0 Å². The molecule has 0 heterocycles. The van der Waals surface area contributed by atoms with Crippen LogP contribution in [-0.2, 0) is 0 Å². The van der Waals surface area contributed by atoms with Gasteiger partial charge in [0.25, 0.3) is 0 Å². The molecule has 0 aliphatic rings. The van der Waals surface area contributed by atoms with Crippen LogP contribution in [0.15, 0.2) is 48.5 Å². The van der Waals surface area contributed by atoms with Crippen LogP contribution in [0.1, 0.15) is 31.7 Å². The molecule has 0 spiro atoms. The molecule has 23 heavy (non-hydrogen) atoms. The van der Waals surface area contributed by atoms with Gasteiger partial charge >= 0.3 is 6.09 Å². The first-order valence-electron chi connectivity index (χ1n) is 7.96. The Hall–Kier alpha value is -2.49. The predicted octanol–water partition coefficient (Wildman–Crippen LogP) is 5.17. The monoisotopic (exact) mass is 313 g/mol. The Bertz CT molecular complexity index is 606. The van der Waals surface area contributed by atoms with Crippen molar-refractivity contribution < 1.29 is 14.3 Å². The zero-order chi connectivity index (χ0) is 16.5. The maximum atomic E-state index is 11.8. The number of hydrogen-bond acceptors (Lipinski definition) is 3. The first-order valence-corrected chi connectivity index (χ1v) is 7.96. The average Bonchev–Trinajstić information content (AvgIpc) is 2.55. The van der Waals surface area contributed by atoms with Crippen LogP contribution in [0.25, 0.3) is 0 Å². The lowest BCUT2D eigenvalue weighted by Crippen LogP contribution is -2.16. The predicted molar refractivity (Wildman–Crippen MR) is 92.3 cm³/mol. The summed E-state index contributed by atoms with van der Waals surface area (Å²) in [5.74, 6) is 1.27. The molecule has 0 unspecified atom stereocenters. The number of anilines is 1. The number of benzene rings is 2. The van der Waals surface area contributed by atoms with Crippen molar-refractivity contribution >= 4 is 11.8 Å². The Morgan fingerprint density at radius 2 is 1.61 bits per heavy atom. The van der Waals surface area contributed by atoms with Gasteiger partial charge in [0.1, 0.15) is 11.5 Å². The largest absolute Gasteiger partial charge is 0.494 e. The van der Waals surface area contributed by atoms with E-state index in [0.717, 1.165) is 17.7 Å². The molecule has 4 heteroatoms. The number of nitrogens with one attached hydrogen (secondary N) is 1. The van der Waals surface area contributed by atoms with Gasteiger partial charge in [0.15, 0.2) is 0 Å². The summed E-state index contributed by atoms with van der Waals surface area (Å²) in [6, 6.07) is 14.6. The first kappa shape index (κ1) is 16.9. The molecule has 1 amide bonds. The first-order chi connectivity index (χ1) is 11.2. The van der Waals surface area contributed by atoms with Crippen molar-refractivity contribution in [1.29, 1.82) is 0 Å². The normalized spacial score (nSPS) is 10.2. The maximum Gasteiger partial charge on any atom is 0.417 e. The summed E-state index contributed by atoms with van der Waals surface area (Å²) in [5, 5.41) is 2.69. The van der Waals surface area contributed by atoms with Crippen LogP contribution < -0.4 is 14.8 Å². The van der Waals surface area contributed by atoms with E-state index < -0.39 is 6.09 Å². The number of unbranched alkanes of at least 4 members (excludes halogenated alkanes) is 2. The van der Waals surface area contributed by atoms with Crippen molar-refractivity contribution in [2.24, 2.45) is 0 Å². The minimum absolute atomic E-state index is 0.482. The van der Waals surface area contributed by atoms with Crippen LogP contribution in [0.2, 0.25) is 0 Å². The SMILES string of the molecule is CCCCCOc1ccc(OC(=O)Nc2ccc(C)cc2)cc1. The Morgan fingerprint density at radius 3 is 2.26 bits per heavy atom. The summed E-state index contributed by atoms with van der Waals surface area (Å²) in [6.07, 6.45) is 2.88. The van der Waals surface area contributed by atoms with Crippen LogP contribution in [0, 0.1) is 6.92 Å². The molecular formula is C19H23NO3. The van der Waals surface area contributed by atoms with Crippen molar-refractivity contribution in [1.82, 2.24) is 0 Å². The highest BCUT2D eigenvalue weighted by molar-refractivity contribution is 5.86. The highest BCUT2D eigenvalue weighted by Crippen LogP contribution is 2.18. The fourth-order valence-electron chi connectivity index (χ4n) is 2.03. The zero-order valence-electron chi connectivity index (χ0n) is 13.7. The molecule has 0 aliphatic heterocycles. The summed E-state index contributed by atoms with van der Waals surface area (Å²) >= 11 is 0. The van der Waals surface area contributed by atoms with E-state index in [0.29, 0.717) is 18.0 Å². The molecule has 2 aromatic carbocycles. The zero-order valence-corrected chi connectivity index (χ0v) is 13.7. The van der Waals surface area contributed by atoms with Gasteiger partial charge in [0.05, 0.1) is 6.61 Å². The van der Waals surface area contributed by atoms with Gasteiger partial charge in [-0.1, -0.05) is 37.5 Å². The molecule has 0 radical (unpaired) electrons. The minimum atomic E-state index is -0.509. The topological polar surface area (TPSA) is 47.6 Å². The summed E-state index contributed by atoms with van der Waals surface area (Å²) in [6.45, 7) is 4.86. The molecule has 4 nitrogen and oxygen atoms in total. The number of amides is 1. The smallest absolute Gasteiger partial charge is 0.417 e. The van der Waals surface area contributed by atoms with Crippen LogP contribution >= 0.6 is 0 Å². The number of hydrogen-bond donors (Lipinski definition) is 1. The number of aryl methyl sites for hydroxylation is 1. The molecule has 2 aromatic rings. The molecule has 0 aromatic heterocycles. The van der Waals surface area contributed by atoms with Gasteiger partial charge in [0, 0.05) is 5.69 Å². The molecule has 0 saturated heterocycles. The van der Waals surface area contributed by atoms with Crippen LogP contribution in [0.5, 0.6) is 11.5 Å². The molecular weight excluding hydrogens is 290 g/mol. The molecule has 0 atom stereocenters. The lowest BCUT2D eigenvalue weighted by atomic mass is 10.2. The molecule has 0 bridgehead atoms. The van der Waals surface area contributed by atoms with E-state index in [1.54, 1.807) is 24.3 Å². The van der Waals surface area contributed by atoms with Crippen LogP contribution in [-0.4, -0.2) is 12.7 Å². The second kappa shape index (κ2) is 8.83. The Kier molecular flexibility index (Phi) is 6.48. The fraction of sp³-hybridized carbons (Fsp3) is 0.316. The molecule has 0 aliphatic carbocycles. The lowest BCUT2D eigenvalue weighted by molar-refractivity contribution is 0.215. The Balaban J connectivity index is 1.80. The van der Waals surface area contributed by atoms with E-state index in [2.05, 4.69) is 12.2 Å². The highest BCUT2D eigenvalue weighted by Gasteiger charge is 2.05. The second-order valence-corrected chi connectivity index (χ2v) is 5.41. The maximum absolute atomic E-state index is 11.8. The van der Waals surface area contributed by atoms with Gasteiger partial charge in [-0.15, -0.1) is 0 Å². The standard InChI is InChI=1S/C19H23NO3/c1-3-4-5-14-22-17-10-12-18(13-11-17)23-19(21)20-16-8-6-15(2)7-9-16/h6-13H,3-5,14H2,1-2H3,(H,20,21). The van der Waals surface area contributed by atoms with Gasteiger partial charge in [-0.3, -0.25) is 5.32 Å². The minimum Gasteiger partial charge on any atom is -0.494 e. The van der Waals surface area contributed by atoms with E-state index in [1.807, 2.05) is 31.2 Å². The summed E-state index contributed by atoms with van der Waals surface area (Å²) in [5.41, 5.74) is 1.84. The van der Waals surface area contributed by atoms with Gasteiger partial charge in [-0.25, -0.2) is 4.79 Å². The van der Waals surface area contributed by atoms with E-state index in [-0.39, 0.29) is 0 Å². The molecule has 0 saturated carbocycles. The van der Waals surface area contributed by atoms with Crippen molar-refractivity contribution in [2.45, 2.75) is 33.1 Å². The van der Waals surface area contributed by atoms with Crippen molar-refractivity contribution in [3.63, 3.8) is 0 Å². The van der Waals surface area contributed by atoms with Crippen molar-refractivity contribution in [3.8, 4) is 11.5 Å². The van der Waals surface area contributed by atoms with E-state index in [9.17, 15) is 4.79 Å². The summed E-state index contributed by atoms with van der Waals surface area (Å²) in [4.78, 5) is 11.8. The van der Waals surface area contributed by atoms with E-state index >= 15 is 0 Å². The highest BCUT2D eigenvalue weighted by atomic mass is 16.6. The number of carbonyl (C=O) groups excluding carboxylic acids is 1. The fourth-order valence-corrected chi connectivity index (χ4v) is 2.03. The van der Waals surface area contributed by atoms with Crippen molar-refractivity contribution in [2.75, 3.05) is 11.9 Å². The number of rotatable bonds is 7. The van der Waals surface area contributed by atoms with E-state index in [1.165, 1.54) is 12.8 Å². The lowest BCUT2D eigenvalue weighted by Gasteiger charge is -2.08.